The van der Waals surface area contributed by atoms with Gasteiger partial charge in [-0.25, -0.2) is 0 Å². The molecule has 1 aliphatic rings. The maximum Gasteiger partial charge on any atom is 2.00 e. The molecular formula is C16H10MoO3+. The summed E-state index contributed by atoms with van der Waals surface area (Å²) in [7, 11) is 0. The van der Waals surface area contributed by atoms with Crippen molar-refractivity contribution in [3.8, 4) is 5.92 Å². The van der Waals surface area contributed by atoms with Gasteiger partial charge in [0.05, 0.1) is 0 Å². The predicted molar refractivity (Wildman–Crippen MR) is 66.0 cm³/mol. The summed E-state index contributed by atoms with van der Waals surface area (Å²) in [6, 6.07) is 9.37. The summed E-state index contributed by atoms with van der Waals surface area (Å²) in [4.78, 5) is 0. The Hall–Kier alpha value is -1.31. The summed E-state index contributed by atoms with van der Waals surface area (Å²) in [5, 5.41) is 0. The molecule has 0 atom stereocenters. The van der Waals surface area contributed by atoms with Crippen molar-refractivity contribution < 1.29 is 35.0 Å². The van der Waals surface area contributed by atoms with Gasteiger partial charge in [0.15, 0.2) is 0 Å². The van der Waals surface area contributed by atoms with E-state index in [2.05, 4.69) is 25.9 Å². The Morgan fingerprint density at radius 2 is 0.950 bits per heavy atom. The van der Waals surface area contributed by atoms with E-state index in [1.54, 1.807) is 0 Å². The summed E-state index contributed by atoms with van der Waals surface area (Å²) in [5.41, 5.74) is 0.826. The summed E-state index contributed by atoms with van der Waals surface area (Å²) in [5.74, 6) is 2.28. The van der Waals surface area contributed by atoms with E-state index in [-0.39, 0.29) is 21.1 Å². The first-order valence-electron chi connectivity index (χ1n) is 4.69. The van der Waals surface area contributed by atoms with Gasteiger partial charge in [0.25, 0.3) is 0 Å². The molecule has 4 heteroatoms. The molecule has 5 radical (unpaired) electrons. The van der Waals surface area contributed by atoms with Crippen LogP contribution in [0.5, 0.6) is 0 Å². The third-order valence-electron chi connectivity index (χ3n) is 1.47. The van der Waals surface area contributed by atoms with Crippen molar-refractivity contribution in [2.24, 2.45) is 0 Å². The maximum atomic E-state index is 7.50. The van der Waals surface area contributed by atoms with Gasteiger partial charge in [-0.05, 0) is 32.1 Å². The first-order chi connectivity index (χ1) is 9.43. The van der Waals surface area contributed by atoms with Gasteiger partial charge in [-0.2, -0.15) is 0 Å². The van der Waals surface area contributed by atoms with Crippen LogP contribution in [-0.4, -0.2) is 0 Å². The van der Waals surface area contributed by atoms with Crippen LogP contribution in [0, 0.1) is 64.4 Å². The molecule has 3 nitrogen and oxygen atoms in total. The Morgan fingerprint density at radius 3 is 1.15 bits per heavy atom. The van der Waals surface area contributed by atoms with E-state index >= 15 is 0 Å². The first-order valence-corrected chi connectivity index (χ1v) is 4.69. The van der Waals surface area contributed by atoms with E-state index in [0.29, 0.717) is 0 Å². The molecule has 1 aliphatic carbocycles. The molecule has 0 bridgehead atoms. The Bertz CT molecular complexity index is 348. The fourth-order valence-electron chi connectivity index (χ4n) is 0.842. The zero-order chi connectivity index (χ0) is 15.4. The molecule has 0 saturated heterocycles. The van der Waals surface area contributed by atoms with Crippen molar-refractivity contribution in [3.63, 3.8) is 0 Å². The van der Waals surface area contributed by atoms with Crippen LogP contribution in [0.15, 0.2) is 30.3 Å². The minimum absolute atomic E-state index is 0. The van der Waals surface area contributed by atoms with Crippen molar-refractivity contribution in [1.82, 2.24) is 0 Å². The molecule has 0 N–H and O–H groups in total. The quantitative estimate of drug-likeness (QED) is 0.300. The molecule has 0 aliphatic heterocycles. The molecule has 1 aromatic rings. The summed E-state index contributed by atoms with van der Waals surface area (Å²) in [6.07, 6.45) is 16.7. The molecule has 0 spiro atoms. The smallest absolute Gasteiger partial charge is 0.0312 e. The average Bonchev–Trinajstić information content (AvgIpc) is 3.14. The predicted octanol–water partition coefficient (Wildman–Crippen LogP) is 2.53. The largest absolute Gasteiger partial charge is 2.00 e. The third-order valence-corrected chi connectivity index (χ3v) is 1.47. The van der Waals surface area contributed by atoms with Crippen molar-refractivity contribution in [1.29, 1.82) is 0 Å². The summed E-state index contributed by atoms with van der Waals surface area (Å²) >= 11 is 0. The van der Waals surface area contributed by atoms with Crippen LogP contribution >= 0.6 is 0 Å². The van der Waals surface area contributed by atoms with Crippen LogP contribution in [-0.2, 0) is 35.0 Å². The monoisotopic (exact) mass is 348 g/mol. The van der Waals surface area contributed by atoms with Crippen LogP contribution in [0.25, 0.3) is 0 Å². The van der Waals surface area contributed by atoms with Gasteiger partial charge in [-0.1, -0.05) is 18.2 Å². The van der Waals surface area contributed by atoms with Crippen molar-refractivity contribution >= 4 is 0 Å². The molecule has 1 saturated carbocycles. The number of hydrogen-bond acceptors (Lipinski definition) is 0. The Labute approximate surface area is 135 Å². The Balaban J connectivity index is -0.0000000933. The fourth-order valence-corrected chi connectivity index (χ4v) is 0.842. The number of benzene rings is 1. The van der Waals surface area contributed by atoms with E-state index < -0.39 is 0 Å². The van der Waals surface area contributed by atoms with Crippen LogP contribution < -0.4 is 0 Å². The van der Waals surface area contributed by atoms with Crippen molar-refractivity contribution in [2.75, 3.05) is 0 Å². The second-order valence-electron chi connectivity index (χ2n) is 2.45. The van der Waals surface area contributed by atoms with Crippen molar-refractivity contribution in [3.05, 3.63) is 94.4 Å². The molecule has 1 aromatic carbocycles. The zero-order valence-electron chi connectivity index (χ0n) is 10.4. The van der Waals surface area contributed by atoms with Crippen molar-refractivity contribution in [2.45, 2.75) is 0 Å². The van der Waals surface area contributed by atoms with Gasteiger partial charge in [-0.15, -0.1) is 17.7 Å². The molecule has 97 valence electrons. The molecular weight excluding hydrogens is 336 g/mol. The topological polar surface area (TPSA) is 59.7 Å². The SMILES string of the molecule is [C-]#Cc1ccccc1.[C-]#[O+].[C-]#[O+].[C-]#[O+].[CH]1[CH][CH][CH][CH]1.[Mo+2]. The molecule has 2 rings (SSSR count). The van der Waals surface area contributed by atoms with Gasteiger partial charge >= 0.3 is 55.0 Å². The zero-order valence-corrected chi connectivity index (χ0v) is 12.4. The molecule has 0 amide bonds. The van der Waals surface area contributed by atoms with Crippen LogP contribution in [0.2, 0.25) is 0 Å². The normalized spacial score (nSPS) is 9.45. The minimum Gasteiger partial charge on any atom is -0.0312 e. The fraction of sp³-hybridized carbons (Fsp3) is 0. The molecule has 0 unspecified atom stereocenters. The molecule has 0 aromatic heterocycles. The Morgan fingerprint density at radius 1 is 0.650 bits per heavy atom. The molecule has 1 fully saturated rings. The first kappa shape index (κ1) is 27.1. The summed E-state index contributed by atoms with van der Waals surface area (Å²) < 4.78 is 22.5. The molecule has 0 heterocycles. The second-order valence-corrected chi connectivity index (χ2v) is 2.45. The van der Waals surface area contributed by atoms with Crippen LogP contribution in [0.1, 0.15) is 5.56 Å². The van der Waals surface area contributed by atoms with E-state index in [0.717, 1.165) is 5.56 Å². The van der Waals surface area contributed by atoms with Crippen LogP contribution in [0.4, 0.5) is 0 Å². The molecule has 20 heavy (non-hydrogen) atoms. The maximum absolute atomic E-state index is 7.50. The minimum atomic E-state index is 0. The van der Waals surface area contributed by atoms with Gasteiger partial charge < -0.3 is 6.42 Å². The van der Waals surface area contributed by atoms with Gasteiger partial charge in [0.1, 0.15) is 0 Å². The van der Waals surface area contributed by atoms with Gasteiger partial charge in [-0.3, -0.25) is 5.92 Å². The standard InChI is InChI=1S/C8H5.C5H5.3CO.Mo/c1-2-8-6-4-3-5-7-8;1-2-4-5-3-1;3*1-2;/h3-7H;1-5H;;;;/q-1;;;;;+2. The average molecular weight is 346 g/mol. The van der Waals surface area contributed by atoms with Gasteiger partial charge in [0, 0.05) is 0 Å². The van der Waals surface area contributed by atoms with E-state index in [1.807, 2.05) is 62.4 Å². The third kappa shape index (κ3) is 21.9. The second kappa shape index (κ2) is 30.6. The van der Waals surface area contributed by atoms with E-state index in [9.17, 15) is 0 Å². The number of hydrogen-bond donors (Lipinski definition) is 0. The van der Waals surface area contributed by atoms with Gasteiger partial charge in [0.2, 0.25) is 0 Å². The van der Waals surface area contributed by atoms with E-state index in [4.69, 9.17) is 20.4 Å². The Kier molecular flexibility index (Phi) is 41.5. The summed E-state index contributed by atoms with van der Waals surface area (Å²) in [6.45, 7) is 13.5. The van der Waals surface area contributed by atoms with E-state index in [1.165, 1.54) is 0 Å². The number of rotatable bonds is 0. The van der Waals surface area contributed by atoms with Crippen LogP contribution in [0.3, 0.4) is 0 Å².